The van der Waals surface area contributed by atoms with Crippen molar-refractivity contribution in [2.75, 3.05) is 0 Å². The molecule has 0 saturated carbocycles. The van der Waals surface area contributed by atoms with E-state index in [1.54, 1.807) is 12.1 Å². The Morgan fingerprint density at radius 3 is 2.50 bits per heavy atom. The van der Waals surface area contributed by atoms with Gasteiger partial charge in [-0.05, 0) is 47.6 Å². The molecule has 0 atom stereocenters. The van der Waals surface area contributed by atoms with Crippen molar-refractivity contribution in [2.24, 2.45) is 0 Å². The lowest BCUT2D eigenvalue weighted by Crippen LogP contribution is -2.04. The molecule has 0 aliphatic rings. The van der Waals surface area contributed by atoms with Crippen molar-refractivity contribution >= 4 is 35.0 Å². The van der Waals surface area contributed by atoms with Crippen LogP contribution in [0, 0.1) is 0 Å². The maximum absolute atomic E-state index is 5.90. The first kappa shape index (κ1) is 13.3. The molecule has 0 radical (unpaired) electrons. The second-order valence-electron chi connectivity index (χ2n) is 3.58. The highest BCUT2D eigenvalue weighted by atomic mass is 35.5. The molecule has 0 aliphatic carbocycles. The SMILES string of the molecule is Clc1ccc(Sc2nc(Cl)nc(-n3cncn3)n2)cc1. The molecule has 0 fully saturated rings. The van der Waals surface area contributed by atoms with Crippen LogP contribution in [0.1, 0.15) is 0 Å². The van der Waals surface area contributed by atoms with E-state index in [1.807, 2.05) is 12.1 Å². The number of benzene rings is 1. The van der Waals surface area contributed by atoms with Gasteiger partial charge in [0.1, 0.15) is 12.7 Å². The summed E-state index contributed by atoms with van der Waals surface area (Å²) in [5.41, 5.74) is 0. The van der Waals surface area contributed by atoms with Crippen LogP contribution in [-0.4, -0.2) is 29.7 Å². The minimum atomic E-state index is 0.0990. The minimum absolute atomic E-state index is 0.0990. The minimum Gasteiger partial charge on any atom is -0.223 e. The molecule has 0 spiro atoms. The van der Waals surface area contributed by atoms with Gasteiger partial charge < -0.3 is 0 Å². The van der Waals surface area contributed by atoms with Crippen LogP contribution in [0.15, 0.2) is 47.0 Å². The zero-order chi connectivity index (χ0) is 13.9. The van der Waals surface area contributed by atoms with Crippen molar-refractivity contribution in [1.29, 1.82) is 0 Å². The number of nitrogens with zero attached hydrogens (tertiary/aromatic N) is 6. The molecule has 0 amide bonds. The van der Waals surface area contributed by atoms with E-state index in [4.69, 9.17) is 23.2 Å². The van der Waals surface area contributed by atoms with Crippen LogP contribution in [0.5, 0.6) is 0 Å². The van der Waals surface area contributed by atoms with Gasteiger partial charge in [-0.1, -0.05) is 11.6 Å². The zero-order valence-corrected chi connectivity index (χ0v) is 12.1. The fraction of sp³-hybridized carbons (Fsp3) is 0. The highest BCUT2D eigenvalue weighted by Gasteiger charge is 2.09. The number of rotatable bonds is 3. The maximum atomic E-state index is 5.90. The summed E-state index contributed by atoms with van der Waals surface area (Å²) >= 11 is 13.1. The third-order valence-electron chi connectivity index (χ3n) is 2.22. The monoisotopic (exact) mass is 324 g/mol. The van der Waals surface area contributed by atoms with E-state index in [-0.39, 0.29) is 5.28 Å². The molecule has 2 aromatic heterocycles. The Morgan fingerprint density at radius 1 is 1.00 bits per heavy atom. The molecule has 0 bridgehead atoms. The zero-order valence-electron chi connectivity index (χ0n) is 9.81. The first-order valence-electron chi connectivity index (χ1n) is 5.41. The predicted octanol–water partition coefficient (Wildman–Crippen LogP) is 2.91. The second-order valence-corrected chi connectivity index (χ2v) is 5.40. The van der Waals surface area contributed by atoms with Gasteiger partial charge >= 0.3 is 0 Å². The van der Waals surface area contributed by atoms with Crippen molar-refractivity contribution in [3.63, 3.8) is 0 Å². The summed E-state index contributed by atoms with van der Waals surface area (Å²) in [6.07, 6.45) is 2.88. The summed E-state index contributed by atoms with van der Waals surface area (Å²) in [7, 11) is 0. The average molecular weight is 325 g/mol. The standard InChI is InChI=1S/C11H6Cl2N6S/c12-7-1-3-8(4-2-7)20-11-17-9(13)16-10(18-11)19-6-14-5-15-19/h1-6H. The molecule has 0 aliphatic heterocycles. The van der Waals surface area contributed by atoms with E-state index in [0.717, 1.165) is 4.90 Å². The van der Waals surface area contributed by atoms with Crippen molar-refractivity contribution in [1.82, 2.24) is 29.7 Å². The molecule has 2 heterocycles. The van der Waals surface area contributed by atoms with Crippen LogP contribution in [0.3, 0.4) is 0 Å². The molecule has 20 heavy (non-hydrogen) atoms. The summed E-state index contributed by atoms with van der Waals surface area (Å²) in [6.45, 7) is 0. The van der Waals surface area contributed by atoms with E-state index in [1.165, 1.54) is 29.1 Å². The fourth-order valence-corrected chi connectivity index (χ4v) is 2.46. The summed E-state index contributed by atoms with van der Waals surface area (Å²) < 4.78 is 1.42. The van der Waals surface area contributed by atoms with Gasteiger partial charge in [-0.25, -0.2) is 4.98 Å². The Kier molecular flexibility index (Phi) is 3.81. The maximum Gasteiger partial charge on any atom is 0.257 e. The second kappa shape index (κ2) is 5.74. The Labute approximate surface area is 128 Å². The molecule has 0 saturated heterocycles. The molecule has 6 nitrogen and oxygen atoms in total. The molecule has 1 aromatic carbocycles. The van der Waals surface area contributed by atoms with Gasteiger partial charge in [-0.15, -0.1) is 0 Å². The number of hydrogen-bond donors (Lipinski definition) is 0. The van der Waals surface area contributed by atoms with Gasteiger partial charge in [0, 0.05) is 9.92 Å². The fourth-order valence-electron chi connectivity index (χ4n) is 1.39. The van der Waals surface area contributed by atoms with Crippen LogP contribution >= 0.6 is 35.0 Å². The van der Waals surface area contributed by atoms with Gasteiger partial charge in [0.25, 0.3) is 5.95 Å². The Bertz CT molecular complexity index is 716. The topological polar surface area (TPSA) is 69.4 Å². The van der Waals surface area contributed by atoms with Gasteiger partial charge in [-0.3, -0.25) is 0 Å². The van der Waals surface area contributed by atoms with Crippen molar-refractivity contribution in [2.45, 2.75) is 10.1 Å². The van der Waals surface area contributed by atoms with Crippen LogP contribution in [0.2, 0.25) is 10.3 Å². The molecule has 3 rings (SSSR count). The van der Waals surface area contributed by atoms with Crippen LogP contribution < -0.4 is 0 Å². The number of hydrogen-bond acceptors (Lipinski definition) is 6. The average Bonchev–Trinajstić information content (AvgIpc) is 2.95. The van der Waals surface area contributed by atoms with E-state index in [2.05, 4.69) is 25.0 Å². The molecular weight excluding hydrogens is 319 g/mol. The smallest absolute Gasteiger partial charge is 0.223 e. The van der Waals surface area contributed by atoms with Gasteiger partial charge in [0.2, 0.25) is 5.28 Å². The van der Waals surface area contributed by atoms with E-state index < -0.39 is 0 Å². The van der Waals surface area contributed by atoms with Gasteiger partial charge in [0.05, 0.1) is 0 Å². The Balaban J connectivity index is 1.92. The van der Waals surface area contributed by atoms with Crippen LogP contribution in [0.4, 0.5) is 0 Å². The predicted molar refractivity (Wildman–Crippen MR) is 75.3 cm³/mol. The molecule has 0 N–H and O–H groups in total. The lowest BCUT2D eigenvalue weighted by Gasteiger charge is -2.03. The summed E-state index contributed by atoms with van der Waals surface area (Å²) in [4.78, 5) is 17.1. The van der Waals surface area contributed by atoms with Crippen molar-refractivity contribution < 1.29 is 0 Å². The van der Waals surface area contributed by atoms with Crippen LogP contribution in [0.25, 0.3) is 5.95 Å². The largest absolute Gasteiger partial charge is 0.257 e. The Morgan fingerprint density at radius 2 is 1.80 bits per heavy atom. The third-order valence-corrected chi connectivity index (χ3v) is 3.52. The third kappa shape index (κ3) is 3.06. The quantitative estimate of drug-likeness (QED) is 0.737. The van der Waals surface area contributed by atoms with Gasteiger partial charge in [-0.2, -0.15) is 24.7 Å². The number of aromatic nitrogens is 6. The summed E-state index contributed by atoms with van der Waals surface area (Å²) in [5.74, 6) is 0.318. The first-order valence-corrected chi connectivity index (χ1v) is 6.98. The van der Waals surface area contributed by atoms with Crippen LogP contribution in [-0.2, 0) is 0 Å². The lowest BCUT2D eigenvalue weighted by atomic mass is 10.4. The normalized spacial score (nSPS) is 10.7. The highest BCUT2D eigenvalue weighted by molar-refractivity contribution is 7.99. The van der Waals surface area contributed by atoms with Gasteiger partial charge in [0.15, 0.2) is 5.16 Å². The lowest BCUT2D eigenvalue weighted by molar-refractivity contribution is 0.757. The molecule has 0 unspecified atom stereocenters. The highest BCUT2D eigenvalue weighted by Crippen LogP contribution is 2.26. The van der Waals surface area contributed by atoms with Crippen molar-refractivity contribution in [3.05, 3.63) is 47.2 Å². The molecule has 100 valence electrons. The molecular formula is C11H6Cl2N6S. The van der Waals surface area contributed by atoms with E-state index in [0.29, 0.717) is 16.1 Å². The molecule has 9 heteroatoms. The summed E-state index contributed by atoms with van der Waals surface area (Å²) in [6, 6.07) is 7.34. The molecule has 3 aromatic rings. The number of halogens is 2. The van der Waals surface area contributed by atoms with Crippen molar-refractivity contribution in [3.8, 4) is 5.95 Å². The Hall–Kier alpha value is -1.70. The van der Waals surface area contributed by atoms with E-state index in [9.17, 15) is 0 Å². The summed E-state index contributed by atoms with van der Waals surface area (Å²) in [5, 5.41) is 5.20. The first-order chi connectivity index (χ1) is 9.70. The van der Waals surface area contributed by atoms with E-state index >= 15 is 0 Å².